The molecule has 116 valence electrons. The molecule has 1 aromatic carbocycles. The van der Waals surface area contributed by atoms with E-state index in [1.54, 1.807) is 13.0 Å². The molecule has 0 amide bonds. The maximum atomic E-state index is 12.8. The van der Waals surface area contributed by atoms with E-state index in [2.05, 4.69) is 5.32 Å². The van der Waals surface area contributed by atoms with Crippen LogP contribution in [0.3, 0.4) is 0 Å². The van der Waals surface area contributed by atoms with Crippen molar-refractivity contribution in [2.24, 2.45) is 0 Å². The van der Waals surface area contributed by atoms with Gasteiger partial charge in [-0.25, -0.2) is 0 Å². The van der Waals surface area contributed by atoms with Gasteiger partial charge in [0.25, 0.3) is 0 Å². The van der Waals surface area contributed by atoms with Crippen molar-refractivity contribution in [2.45, 2.75) is 50.4 Å². The summed E-state index contributed by atoms with van der Waals surface area (Å²) in [4.78, 5) is 10.9. The molecule has 1 aromatic rings. The van der Waals surface area contributed by atoms with Crippen LogP contribution in [0.5, 0.6) is 0 Å². The van der Waals surface area contributed by atoms with Crippen LogP contribution in [0.4, 0.5) is 13.2 Å². The lowest BCUT2D eigenvalue weighted by Crippen LogP contribution is -2.42. The third kappa shape index (κ3) is 3.75. The number of nitrogens with one attached hydrogen (secondary N) is 1. The van der Waals surface area contributed by atoms with Crippen LogP contribution in [-0.4, -0.2) is 23.2 Å². The van der Waals surface area contributed by atoms with E-state index in [1.165, 1.54) is 12.1 Å². The Hall–Kier alpha value is -1.56. The van der Waals surface area contributed by atoms with Crippen LogP contribution in [0.25, 0.3) is 0 Å². The molecule has 3 nitrogen and oxygen atoms in total. The van der Waals surface area contributed by atoms with Gasteiger partial charge in [-0.1, -0.05) is 24.6 Å². The molecule has 1 aliphatic carbocycles. The van der Waals surface area contributed by atoms with E-state index < -0.39 is 23.8 Å². The summed E-state index contributed by atoms with van der Waals surface area (Å²) in [5, 5.41) is 11.9. The van der Waals surface area contributed by atoms with Crippen molar-refractivity contribution in [3.63, 3.8) is 0 Å². The second-order valence-corrected chi connectivity index (χ2v) is 5.49. The summed E-state index contributed by atoms with van der Waals surface area (Å²) in [5.74, 6) is -1.03. The molecule has 2 unspecified atom stereocenters. The fraction of sp³-hybridized carbons (Fsp3) is 0.533. The number of alkyl halides is 3. The lowest BCUT2D eigenvalue weighted by atomic mass is 9.92. The molecule has 0 spiro atoms. The van der Waals surface area contributed by atoms with E-state index in [0.717, 1.165) is 25.3 Å². The highest BCUT2D eigenvalue weighted by atomic mass is 19.4. The van der Waals surface area contributed by atoms with Gasteiger partial charge in [0.1, 0.15) is 6.04 Å². The minimum atomic E-state index is -4.36. The number of carboxylic acid groups (broad SMARTS) is 1. The lowest BCUT2D eigenvalue weighted by Gasteiger charge is -2.24. The van der Waals surface area contributed by atoms with Crippen LogP contribution in [0.2, 0.25) is 0 Å². The smallest absolute Gasteiger partial charge is 0.416 e. The number of benzene rings is 1. The Morgan fingerprint density at radius 2 is 2.10 bits per heavy atom. The fourth-order valence-corrected chi connectivity index (χ4v) is 2.90. The predicted molar refractivity (Wildman–Crippen MR) is 72.1 cm³/mol. The van der Waals surface area contributed by atoms with E-state index in [4.69, 9.17) is 5.11 Å². The van der Waals surface area contributed by atoms with Gasteiger partial charge in [-0.2, -0.15) is 13.2 Å². The third-order valence-corrected chi connectivity index (χ3v) is 3.99. The summed E-state index contributed by atoms with van der Waals surface area (Å²) in [7, 11) is 0. The van der Waals surface area contributed by atoms with Gasteiger partial charge in [-0.15, -0.1) is 0 Å². The average Bonchev–Trinajstić information content (AvgIpc) is 2.86. The molecule has 3 atom stereocenters. The second kappa shape index (κ2) is 6.05. The molecule has 6 heteroatoms. The monoisotopic (exact) mass is 301 g/mol. The minimum absolute atomic E-state index is 0.0749. The lowest BCUT2D eigenvalue weighted by molar-refractivity contribution is -0.139. The predicted octanol–water partition coefficient (Wildman–Crippen LogP) is 3.40. The zero-order valence-corrected chi connectivity index (χ0v) is 11.7. The number of rotatable bonds is 4. The van der Waals surface area contributed by atoms with Crippen LogP contribution in [0.15, 0.2) is 24.3 Å². The summed E-state index contributed by atoms with van der Waals surface area (Å²) >= 11 is 0. The van der Waals surface area contributed by atoms with E-state index >= 15 is 0 Å². The van der Waals surface area contributed by atoms with Gasteiger partial charge in [0.05, 0.1) is 5.56 Å². The Morgan fingerprint density at radius 3 is 2.71 bits per heavy atom. The van der Waals surface area contributed by atoms with Gasteiger partial charge in [-0.3, -0.25) is 4.79 Å². The van der Waals surface area contributed by atoms with E-state index in [0.29, 0.717) is 5.56 Å². The molecule has 0 saturated heterocycles. The largest absolute Gasteiger partial charge is 0.480 e. The molecule has 0 heterocycles. The van der Waals surface area contributed by atoms with Crippen LogP contribution >= 0.6 is 0 Å². The van der Waals surface area contributed by atoms with Gasteiger partial charge in [0.15, 0.2) is 0 Å². The Morgan fingerprint density at radius 1 is 1.38 bits per heavy atom. The van der Waals surface area contributed by atoms with E-state index in [-0.39, 0.29) is 12.0 Å². The summed E-state index contributed by atoms with van der Waals surface area (Å²) in [5.41, 5.74) is -0.0330. The first-order chi connectivity index (χ1) is 9.79. The van der Waals surface area contributed by atoms with Gasteiger partial charge >= 0.3 is 12.1 Å². The van der Waals surface area contributed by atoms with Crippen molar-refractivity contribution in [1.29, 1.82) is 0 Å². The van der Waals surface area contributed by atoms with E-state index in [1.807, 2.05) is 0 Å². The van der Waals surface area contributed by atoms with Crippen LogP contribution < -0.4 is 5.32 Å². The zero-order chi connectivity index (χ0) is 15.6. The number of hydrogen-bond acceptors (Lipinski definition) is 2. The number of hydrogen-bond donors (Lipinski definition) is 2. The Bertz CT molecular complexity index is 516. The van der Waals surface area contributed by atoms with Crippen molar-refractivity contribution in [2.75, 3.05) is 0 Å². The van der Waals surface area contributed by atoms with Crippen molar-refractivity contribution in [3.8, 4) is 0 Å². The highest BCUT2D eigenvalue weighted by Crippen LogP contribution is 2.37. The molecular weight excluding hydrogens is 283 g/mol. The highest BCUT2D eigenvalue weighted by Gasteiger charge is 2.34. The molecule has 0 aromatic heterocycles. The Balaban J connectivity index is 2.18. The molecule has 0 aliphatic heterocycles. The molecule has 1 aliphatic rings. The summed E-state index contributed by atoms with van der Waals surface area (Å²) in [6, 6.07) is 4.53. The maximum absolute atomic E-state index is 12.8. The molecule has 21 heavy (non-hydrogen) atoms. The Labute approximate surface area is 121 Å². The minimum Gasteiger partial charge on any atom is -0.480 e. The standard InChI is InChI=1S/C15H18F3NO2/c1-9(14(20)21)19-13-7-3-6-12(13)10-4-2-5-11(8-10)15(16,17)18/h2,4-5,8-9,12-13,19H,3,6-7H2,1H3,(H,20,21)/t9-,12?,13?/m0/s1. The van der Waals surface area contributed by atoms with Crippen LogP contribution in [0, 0.1) is 0 Å². The summed E-state index contributed by atoms with van der Waals surface area (Å²) in [6.07, 6.45) is -1.93. The average molecular weight is 301 g/mol. The highest BCUT2D eigenvalue weighted by molar-refractivity contribution is 5.72. The first-order valence-corrected chi connectivity index (χ1v) is 6.95. The first kappa shape index (κ1) is 15.8. The third-order valence-electron chi connectivity index (χ3n) is 3.99. The number of halogens is 3. The summed E-state index contributed by atoms with van der Waals surface area (Å²) < 4.78 is 38.3. The van der Waals surface area contributed by atoms with Gasteiger partial charge in [-0.05, 0) is 37.3 Å². The molecule has 2 rings (SSSR count). The maximum Gasteiger partial charge on any atom is 0.416 e. The second-order valence-electron chi connectivity index (χ2n) is 5.49. The number of carbonyl (C=O) groups is 1. The van der Waals surface area contributed by atoms with Crippen LogP contribution in [-0.2, 0) is 11.0 Å². The van der Waals surface area contributed by atoms with Crippen molar-refractivity contribution < 1.29 is 23.1 Å². The molecule has 1 saturated carbocycles. The molecule has 0 radical (unpaired) electrons. The van der Waals surface area contributed by atoms with Gasteiger partial charge in [0.2, 0.25) is 0 Å². The quantitative estimate of drug-likeness (QED) is 0.896. The molecule has 1 fully saturated rings. The molecular formula is C15H18F3NO2. The topological polar surface area (TPSA) is 49.3 Å². The van der Waals surface area contributed by atoms with E-state index in [9.17, 15) is 18.0 Å². The zero-order valence-electron chi connectivity index (χ0n) is 11.7. The van der Waals surface area contributed by atoms with Crippen molar-refractivity contribution in [3.05, 3.63) is 35.4 Å². The SMILES string of the molecule is C[C@H](NC1CCCC1c1cccc(C(F)(F)F)c1)C(=O)O. The van der Waals surface area contributed by atoms with Crippen molar-refractivity contribution in [1.82, 2.24) is 5.32 Å². The normalized spacial score (nSPS) is 24.0. The first-order valence-electron chi connectivity index (χ1n) is 6.95. The Kier molecular flexibility index (Phi) is 4.56. The number of aliphatic carboxylic acids is 1. The summed E-state index contributed by atoms with van der Waals surface area (Å²) in [6.45, 7) is 1.55. The van der Waals surface area contributed by atoms with Gasteiger partial charge in [0, 0.05) is 6.04 Å². The molecule has 2 N–H and O–H groups in total. The fourth-order valence-electron chi connectivity index (χ4n) is 2.90. The van der Waals surface area contributed by atoms with Crippen molar-refractivity contribution >= 4 is 5.97 Å². The number of carboxylic acids is 1. The van der Waals surface area contributed by atoms with Gasteiger partial charge < -0.3 is 10.4 Å². The van der Waals surface area contributed by atoms with Crippen LogP contribution in [0.1, 0.15) is 43.2 Å². The molecule has 0 bridgehead atoms.